The van der Waals surface area contributed by atoms with E-state index in [1.165, 1.54) is 0 Å². The first-order chi connectivity index (χ1) is 9.67. The highest BCUT2D eigenvalue weighted by molar-refractivity contribution is 5.91. The predicted octanol–water partition coefficient (Wildman–Crippen LogP) is 0.982. The predicted molar refractivity (Wildman–Crippen MR) is 68.9 cm³/mol. The van der Waals surface area contributed by atoms with Crippen molar-refractivity contribution in [2.75, 3.05) is 13.7 Å². The van der Waals surface area contributed by atoms with Gasteiger partial charge in [-0.25, -0.2) is 9.67 Å². The van der Waals surface area contributed by atoms with Crippen LogP contribution in [-0.2, 0) is 24.4 Å². The average Bonchev–Trinajstić information content (AvgIpc) is 3.02. The van der Waals surface area contributed by atoms with Gasteiger partial charge in [0.15, 0.2) is 5.76 Å². The number of fused-ring (bicyclic) bond motifs is 1. The maximum Gasteiger partial charge on any atom is 0.290 e. The number of carbonyl (C=O) groups is 1. The summed E-state index contributed by atoms with van der Waals surface area (Å²) in [6.45, 7) is 3.93. The smallest absolute Gasteiger partial charge is 0.290 e. The molecule has 3 rings (SSSR count). The molecular formula is C13H16N4O3. The van der Waals surface area contributed by atoms with E-state index in [0.29, 0.717) is 37.8 Å². The van der Waals surface area contributed by atoms with E-state index in [9.17, 15) is 4.79 Å². The molecule has 0 atom stereocenters. The first-order valence-corrected chi connectivity index (χ1v) is 6.44. The van der Waals surface area contributed by atoms with Crippen LogP contribution in [0.15, 0.2) is 16.5 Å². The number of furan rings is 1. The molecule has 0 unspecified atom stereocenters. The van der Waals surface area contributed by atoms with Gasteiger partial charge in [0.05, 0.1) is 13.1 Å². The normalized spacial score (nSPS) is 14.4. The van der Waals surface area contributed by atoms with Crippen molar-refractivity contribution in [1.29, 1.82) is 0 Å². The Hall–Kier alpha value is -2.15. The Morgan fingerprint density at radius 3 is 3.10 bits per heavy atom. The topological polar surface area (TPSA) is 73.4 Å². The van der Waals surface area contributed by atoms with Crippen LogP contribution in [0.4, 0.5) is 0 Å². The van der Waals surface area contributed by atoms with Gasteiger partial charge < -0.3 is 14.1 Å². The van der Waals surface area contributed by atoms with Crippen molar-refractivity contribution >= 4 is 5.91 Å². The molecule has 0 N–H and O–H groups in total. The van der Waals surface area contributed by atoms with E-state index >= 15 is 0 Å². The number of carbonyl (C=O) groups excluding carboxylic acids is 1. The fourth-order valence-electron chi connectivity index (χ4n) is 2.30. The number of nitrogens with zero attached hydrogens (tertiary/aromatic N) is 4. The van der Waals surface area contributed by atoms with Gasteiger partial charge in [-0.05, 0) is 19.1 Å². The molecule has 0 aromatic carbocycles. The Bertz CT molecular complexity index is 631. The molecule has 1 amide bonds. The maximum atomic E-state index is 12.4. The molecule has 0 fully saturated rings. The van der Waals surface area contributed by atoms with Crippen LogP contribution in [0, 0.1) is 6.92 Å². The van der Waals surface area contributed by atoms with E-state index in [4.69, 9.17) is 9.15 Å². The average molecular weight is 276 g/mol. The van der Waals surface area contributed by atoms with E-state index in [1.54, 1.807) is 24.1 Å². The molecule has 106 valence electrons. The van der Waals surface area contributed by atoms with Crippen molar-refractivity contribution in [3.63, 3.8) is 0 Å². The summed E-state index contributed by atoms with van der Waals surface area (Å²) in [7, 11) is 1.59. The summed E-state index contributed by atoms with van der Waals surface area (Å²) in [6.07, 6.45) is 0. The monoisotopic (exact) mass is 276 g/mol. The summed E-state index contributed by atoms with van der Waals surface area (Å²) < 4.78 is 12.3. The van der Waals surface area contributed by atoms with Crippen LogP contribution in [0.5, 0.6) is 0 Å². The molecule has 2 aromatic rings. The van der Waals surface area contributed by atoms with Gasteiger partial charge in [-0.3, -0.25) is 4.79 Å². The van der Waals surface area contributed by atoms with Crippen LogP contribution in [-0.4, -0.2) is 39.2 Å². The van der Waals surface area contributed by atoms with Gasteiger partial charge in [-0.15, -0.1) is 0 Å². The van der Waals surface area contributed by atoms with Crippen LogP contribution < -0.4 is 0 Å². The Morgan fingerprint density at radius 2 is 2.30 bits per heavy atom. The lowest BCUT2D eigenvalue weighted by Gasteiger charge is -2.25. The van der Waals surface area contributed by atoms with Crippen molar-refractivity contribution < 1.29 is 13.9 Å². The molecule has 0 spiro atoms. The lowest BCUT2D eigenvalue weighted by atomic mass is 10.3. The number of aryl methyl sites for hydroxylation is 1. The van der Waals surface area contributed by atoms with Gasteiger partial charge >= 0.3 is 0 Å². The van der Waals surface area contributed by atoms with Crippen molar-refractivity contribution in [2.45, 2.75) is 26.6 Å². The first-order valence-electron chi connectivity index (χ1n) is 6.44. The molecular weight excluding hydrogens is 260 g/mol. The minimum Gasteiger partial charge on any atom is -0.453 e. The Morgan fingerprint density at radius 1 is 1.45 bits per heavy atom. The largest absolute Gasteiger partial charge is 0.453 e. The number of methoxy groups -OCH3 is 1. The van der Waals surface area contributed by atoms with E-state index in [2.05, 4.69) is 10.1 Å². The lowest BCUT2D eigenvalue weighted by molar-refractivity contribution is 0.0663. The van der Waals surface area contributed by atoms with Gasteiger partial charge in [0.25, 0.3) is 5.91 Å². The molecule has 2 aromatic heterocycles. The van der Waals surface area contributed by atoms with Crippen molar-refractivity contribution in [1.82, 2.24) is 19.7 Å². The molecule has 3 heterocycles. The fraction of sp³-hybridized carbons (Fsp3) is 0.462. The molecule has 0 saturated heterocycles. The van der Waals surface area contributed by atoms with Gasteiger partial charge in [-0.2, -0.15) is 5.10 Å². The zero-order valence-electron chi connectivity index (χ0n) is 11.5. The van der Waals surface area contributed by atoms with E-state index in [0.717, 1.165) is 11.6 Å². The van der Waals surface area contributed by atoms with E-state index in [1.807, 2.05) is 11.6 Å². The Kier molecular flexibility index (Phi) is 3.27. The third-order valence-electron chi connectivity index (χ3n) is 3.21. The summed E-state index contributed by atoms with van der Waals surface area (Å²) in [6, 6.07) is 3.44. The zero-order chi connectivity index (χ0) is 14.1. The second-order valence-corrected chi connectivity index (χ2v) is 4.72. The summed E-state index contributed by atoms with van der Waals surface area (Å²) >= 11 is 0. The number of hydrogen-bond donors (Lipinski definition) is 0. The van der Waals surface area contributed by atoms with Gasteiger partial charge in [0, 0.05) is 13.7 Å². The summed E-state index contributed by atoms with van der Waals surface area (Å²) in [5, 5.41) is 4.27. The second kappa shape index (κ2) is 5.09. The molecule has 0 aliphatic carbocycles. The summed E-state index contributed by atoms with van der Waals surface area (Å²) in [5.41, 5.74) is 0. The highest BCUT2D eigenvalue weighted by Gasteiger charge is 2.25. The Balaban J connectivity index is 1.74. The standard InChI is InChI=1S/C13H16N4O3/c1-9-14-12-7-16(5-6-17(12)15-9)13(18)11-4-3-10(20-11)8-19-2/h3-4H,5-8H2,1-2H3. The van der Waals surface area contributed by atoms with Crippen molar-refractivity contribution in [3.8, 4) is 0 Å². The van der Waals surface area contributed by atoms with Crippen LogP contribution >= 0.6 is 0 Å². The number of hydrogen-bond acceptors (Lipinski definition) is 5. The highest BCUT2D eigenvalue weighted by atomic mass is 16.5. The van der Waals surface area contributed by atoms with Crippen LogP contribution in [0.25, 0.3) is 0 Å². The fourth-order valence-corrected chi connectivity index (χ4v) is 2.30. The third kappa shape index (κ3) is 2.32. The molecule has 0 radical (unpaired) electrons. The van der Waals surface area contributed by atoms with E-state index in [-0.39, 0.29) is 5.91 Å². The number of aromatic nitrogens is 3. The van der Waals surface area contributed by atoms with Crippen LogP contribution in [0.2, 0.25) is 0 Å². The number of rotatable bonds is 3. The molecule has 20 heavy (non-hydrogen) atoms. The second-order valence-electron chi connectivity index (χ2n) is 4.72. The van der Waals surface area contributed by atoms with Crippen molar-refractivity contribution in [3.05, 3.63) is 35.3 Å². The van der Waals surface area contributed by atoms with Crippen LogP contribution in [0.1, 0.15) is 28.0 Å². The minimum absolute atomic E-state index is 0.126. The van der Waals surface area contributed by atoms with Crippen molar-refractivity contribution in [2.24, 2.45) is 0 Å². The number of amides is 1. The molecule has 7 heteroatoms. The quantitative estimate of drug-likeness (QED) is 0.835. The van der Waals surface area contributed by atoms with Gasteiger partial charge in [0.1, 0.15) is 24.0 Å². The Labute approximate surface area is 116 Å². The highest BCUT2D eigenvalue weighted by Crippen LogP contribution is 2.16. The number of ether oxygens (including phenoxy) is 1. The zero-order valence-corrected chi connectivity index (χ0v) is 11.5. The lowest BCUT2D eigenvalue weighted by Crippen LogP contribution is -2.38. The molecule has 0 saturated carbocycles. The molecule has 1 aliphatic rings. The molecule has 1 aliphatic heterocycles. The van der Waals surface area contributed by atoms with E-state index < -0.39 is 0 Å². The molecule has 7 nitrogen and oxygen atoms in total. The third-order valence-corrected chi connectivity index (χ3v) is 3.21. The molecule has 0 bridgehead atoms. The van der Waals surface area contributed by atoms with Gasteiger partial charge in [0.2, 0.25) is 0 Å². The first kappa shape index (κ1) is 12.9. The minimum atomic E-state index is -0.126. The summed E-state index contributed by atoms with van der Waals surface area (Å²) in [5.74, 6) is 2.40. The van der Waals surface area contributed by atoms with Crippen LogP contribution in [0.3, 0.4) is 0 Å². The van der Waals surface area contributed by atoms with Gasteiger partial charge in [-0.1, -0.05) is 0 Å². The summed E-state index contributed by atoms with van der Waals surface area (Å²) in [4.78, 5) is 18.4. The SMILES string of the molecule is COCc1ccc(C(=O)N2CCn3nc(C)nc3C2)o1. The maximum absolute atomic E-state index is 12.4.